The van der Waals surface area contributed by atoms with Gasteiger partial charge in [-0.25, -0.2) is 14.4 Å². The fraction of sp³-hybridized carbons (Fsp3) is 0.182. The number of nitrogens with zero attached hydrogens (tertiary/aromatic N) is 2. The molecule has 0 radical (unpaired) electrons. The Balaban J connectivity index is 1.52. The van der Waals surface area contributed by atoms with Gasteiger partial charge in [0.15, 0.2) is 5.96 Å². The quantitative estimate of drug-likeness (QED) is 0.447. The van der Waals surface area contributed by atoms with Crippen LogP contribution in [0.1, 0.15) is 19.4 Å². The summed E-state index contributed by atoms with van der Waals surface area (Å²) < 4.78 is 24.1. The van der Waals surface area contributed by atoms with Crippen molar-refractivity contribution in [2.24, 2.45) is 10.7 Å². The molecule has 2 aromatic carbocycles. The summed E-state index contributed by atoms with van der Waals surface area (Å²) in [4.78, 5) is 8.54. The van der Waals surface area contributed by atoms with Crippen LogP contribution < -0.4 is 20.5 Å². The molecule has 7 heteroatoms. The van der Waals surface area contributed by atoms with Crippen LogP contribution in [-0.2, 0) is 6.54 Å². The summed E-state index contributed by atoms with van der Waals surface area (Å²) in [6, 6.07) is 16.8. The van der Waals surface area contributed by atoms with Crippen LogP contribution in [0.4, 0.5) is 10.1 Å². The van der Waals surface area contributed by atoms with E-state index in [1.54, 1.807) is 24.4 Å². The molecule has 0 unspecified atom stereocenters. The summed E-state index contributed by atoms with van der Waals surface area (Å²) >= 11 is 0. The Morgan fingerprint density at radius 2 is 1.72 bits per heavy atom. The van der Waals surface area contributed by atoms with Crippen LogP contribution in [0.5, 0.6) is 17.4 Å². The molecule has 0 spiro atoms. The molecule has 0 saturated heterocycles. The largest absolute Gasteiger partial charge is 0.491 e. The highest BCUT2D eigenvalue weighted by atomic mass is 19.1. The predicted molar refractivity (Wildman–Crippen MR) is 112 cm³/mol. The van der Waals surface area contributed by atoms with E-state index in [2.05, 4.69) is 15.3 Å². The SMILES string of the molecule is CC(C)Oc1ccc(NC(N)=NCc2ccc(Oc3ccc(F)cc3)nc2)cc1. The van der Waals surface area contributed by atoms with E-state index in [1.165, 1.54) is 12.1 Å². The fourth-order valence-corrected chi connectivity index (χ4v) is 2.44. The Bertz CT molecular complexity index is 940. The minimum atomic E-state index is -0.315. The van der Waals surface area contributed by atoms with E-state index in [9.17, 15) is 4.39 Å². The summed E-state index contributed by atoms with van der Waals surface area (Å²) in [5.41, 5.74) is 7.65. The van der Waals surface area contributed by atoms with Crippen molar-refractivity contribution in [3.63, 3.8) is 0 Å². The average molecular weight is 394 g/mol. The van der Waals surface area contributed by atoms with Crippen LogP contribution >= 0.6 is 0 Å². The van der Waals surface area contributed by atoms with E-state index in [0.717, 1.165) is 17.0 Å². The van der Waals surface area contributed by atoms with Crippen LogP contribution in [-0.4, -0.2) is 17.0 Å². The highest BCUT2D eigenvalue weighted by Crippen LogP contribution is 2.20. The van der Waals surface area contributed by atoms with Gasteiger partial charge in [0.25, 0.3) is 0 Å². The van der Waals surface area contributed by atoms with Gasteiger partial charge in [-0.1, -0.05) is 6.07 Å². The first kappa shape index (κ1) is 20.1. The first-order valence-electron chi connectivity index (χ1n) is 9.20. The molecule has 0 bridgehead atoms. The lowest BCUT2D eigenvalue weighted by molar-refractivity contribution is 0.242. The zero-order valence-electron chi connectivity index (χ0n) is 16.3. The number of anilines is 1. The second kappa shape index (κ2) is 9.54. The number of rotatable bonds is 7. The maximum Gasteiger partial charge on any atom is 0.219 e. The van der Waals surface area contributed by atoms with Gasteiger partial charge in [0.1, 0.15) is 17.3 Å². The molecule has 0 aliphatic heterocycles. The van der Waals surface area contributed by atoms with Gasteiger partial charge in [-0.3, -0.25) is 0 Å². The fourth-order valence-electron chi connectivity index (χ4n) is 2.44. The summed E-state index contributed by atoms with van der Waals surface area (Å²) in [5, 5.41) is 3.04. The van der Waals surface area contributed by atoms with E-state index in [0.29, 0.717) is 24.1 Å². The lowest BCUT2D eigenvalue weighted by atomic mass is 10.3. The molecule has 0 aliphatic carbocycles. The Labute approximate surface area is 169 Å². The van der Waals surface area contributed by atoms with Crippen LogP contribution in [0.25, 0.3) is 0 Å². The topological polar surface area (TPSA) is 81.8 Å². The maximum absolute atomic E-state index is 12.9. The third kappa shape index (κ3) is 6.49. The third-order valence-electron chi connectivity index (χ3n) is 3.76. The third-order valence-corrected chi connectivity index (χ3v) is 3.76. The Kier molecular flexibility index (Phi) is 6.63. The Morgan fingerprint density at radius 3 is 2.34 bits per heavy atom. The van der Waals surface area contributed by atoms with Gasteiger partial charge in [0.05, 0.1) is 12.6 Å². The second-order valence-electron chi connectivity index (χ2n) is 6.58. The highest BCUT2D eigenvalue weighted by molar-refractivity contribution is 5.92. The van der Waals surface area contributed by atoms with Crippen LogP contribution in [0.3, 0.4) is 0 Å². The second-order valence-corrected chi connectivity index (χ2v) is 6.58. The smallest absolute Gasteiger partial charge is 0.219 e. The molecule has 0 atom stereocenters. The minimum Gasteiger partial charge on any atom is -0.491 e. The molecule has 3 rings (SSSR count). The Hall–Kier alpha value is -3.61. The number of aromatic nitrogens is 1. The zero-order valence-corrected chi connectivity index (χ0v) is 16.3. The highest BCUT2D eigenvalue weighted by Gasteiger charge is 2.02. The number of halogens is 1. The molecule has 0 fully saturated rings. The van der Waals surface area contributed by atoms with Crippen molar-refractivity contribution in [3.8, 4) is 17.4 Å². The van der Waals surface area contributed by atoms with E-state index < -0.39 is 0 Å². The van der Waals surface area contributed by atoms with Crippen LogP contribution in [0.15, 0.2) is 71.9 Å². The first-order valence-corrected chi connectivity index (χ1v) is 9.20. The van der Waals surface area contributed by atoms with Crippen molar-refractivity contribution in [1.29, 1.82) is 0 Å². The molecule has 3 N–H and O–H groups in total. The van der Waals surface area contributed by atoms with E-state index in [1.807, 2.05) is 44.2 Å². The molecule has 0 amide bonds. The Morgan fingerprint density at radius 1 is 1.03 bits per heavy atom. The molecule has 0 saturated carbocycles. The van der Waals surface area contributed by atoms with E-state index >= 15 is 0 Å². The number of hydrogen-bond donors (Lipinski definition) is 2. The molecule has 1 aromatic heterocycles. The van der Waals surface area contributed by atoms with Gasteiger partial charge in [-0.2, -0.15) is 0 Å². The lowest BCUT2D eigenvalue weighted by Crippen LogP contribution is -2.22. The van der Waals surface area contributed by atoms with E-state index in [4.69, 9.17) is 15.2 Å². The van der Waals surface area contributed by atoms with Gasteiger partial charge < -0.3 is 20.5 Å². The molecule has 6 nitrogen and oxygen atoms in total. The normalized spacial score (nSPS) is 11.4. The van der Waals surface area contributed by atoms with Crippen molar-refractivity contribution in [2.75, 3.05) is 5.32 Å². The molecule has 150 valence electrons. The molecule has 1 heterocycles. The number of nitrogens with two attached hydrogens (primary N) is 1. The van der Waals surface area contributed by atoms with Gasteiger partial charge in [-0.05, 0) is 67.9 Å². The maximum atomic E-state index is 12.9. The average Bonchev–Trinajstić information content (AvgIpc) is 2.70. The number of ether oxygens (including phenoxy) is 2. The summed E-state index contributed by atoms with van der Waals surface area (Å²) in [6.07, 6.45) is 1.79. The van der Waals surface area contributed by atoms with Gasteiger partial charge in [-0.15, -0.1) is 0 Å². The van der Waals surface area contributed by atoms with Gasteiger partial charge in [0.2, 0.25) is 5.88 Å². The van der Waals surface area contributed by atoms with Crippen molar-refractivity contribution in [1.82, 2.24) is 4.98 Å². The molecule has 29 heavy (non-hydrogen) atoms. The summed E-state index contributed by atoms with van der Waals surface area (Å²) in [6.45, 7) is 4.33. The van der Waals surface area contributed by atoms with Gasteiger partial charge >= 0.3 is 0 Å². The number of nitrogens with one attached hydrogen (secondary N) is 1. The summed E-state index contributed by atoms with van der Waals surface area (Å²) in [7, 11) is 0. The molecule has 3 aromatic rings. The number of guanidine groups is 1. The summed E-state index contributed by atoms with van der Waals surface area (Å²) in [5.74, 6) is 1.72. The van der Waals surface area contributed by atoms with E-state index in [-0.39, 0.29) is 11.9 Å². The minimum absolute atomic E-state index is 0.126. The molecular formula is C22H23FN4O2. The molecular weight excluding hydrogens is 371 g/mol. The lowest BCUT2D eigenvalue weighted by Gasteiger charge is -2.11. The first-order chi connectivity index (χ1) is 14.0. The monoisotopic (exact) mass is 394 g/mol. The van der Waals surface area contributed by atoms with Crippen molar-refractivity contribution >= 4 is 11.6 Å². The predicted octanol–water partition coefficient (Wildman–Crippen LogP) is 4.73. The van der Waals surface area contributed by atoms with Crippen molar-refractivity contribution < 1.29 is 13.9 Å². The standard InChI is InChI=1S/C22H23FN4O2/c1-15(2)28-19-10-6-18(7-11-19)27-22(24)26-14-16-3-12-21(25-13-16)29-20-8-4-17(23)5-9-20/h3-13,15H,14H2,1-2H3,(H3,24,26,27). The van der Waals surface area contributed by atoms with Gasteiger partial charge in [0, 0.05) is 18.0 Å². The van der Waals surface area contributed by atoms with Crippen LogP contribution in [0, 0.1) is 5.82 Å². The number of pyridine rings is 1. The number of aliphatic imine (C=N–C) groups is 1. The molecule has 0 aliphatic rings. The van der Waals surface area contributed by atoms with Crippen molar-refractivity contribution in [3.05, 3.63) is 78.2 Å². The number of benzene rings is 2. The zero-order chi connectivity index (χ0) is 20.6. The number of hydrogen-bond acceptors (Lipinski definition) is 4. The van der Waals surface area contributed by atoms with Crippen LogP contribution in [0.2, 0.25) is 0 Å². The van der Waals surface area contributed by atoms with Crippen molar-refractivity contribution in [2.45, 2.75) is 26.5 Å².